The van der Waals surface area contributed by atoms with Gasteiger partial charge in [-0.15, -0.1) is 0 Å². The maximum absolute atomic E-state index is 14.1. The maximum Gasteiger partial charge on any atom is 0.140 e. The molecule has 0 radical (unpaired) electrons. The van der Waals surface area contributed by atoms with Crippen molar-refractivity contribution in [2.24, 2.45) is 5.73 Å². The van der Waals surface area contributed by atoms with Crippen molar-refractivity contribution in [3.8, 4) is 5.75 Å². The number of nitrogens with one attached hydrogen (secondary N) is 1. The van der Waals surface area contributed by atoms with Crippen LogP contribution in [0.5, 0.6) is 5.75 Å². The summed E-state index contributed by atoms with van der Waals surface area (Å²) < 4.78 is 19.7. The second-order valence-electron chi connectivity index (χ2n) is 4.87. The van der Waals surface area contributed by atoms with Crippen molar-refractivity contribution in [1.29, 1.82) is 5.41 Å². The Morgan fingerprint density at radius 2 is 1.95 bits per heavy atom. The van der Waals surface area contributed by atoms with Crippen LogP contribution in [0.4, 0.5) is 10.1 Å². The highest BCUT2D eigenvalue weighted by molar-refractivity contribution is 5.95. The predicted octanol–water partition coefficient (Wildman–Crippen LogP) is 2.75. The van der Waals surface area contributed by atoms with Crippen LogP contribution in [-0.2, 0) is 6.61 Å². The molecule has 0 aliphatic rings. The SMILES string of the molecule is CN(C)c1cccc(OCc2cccc(C(=N)N)c2F)c1. The standard InChI is InChI=1S/C16H18FN3O/c1-20(2)12-6-4-7-13(9-12)21-10-11-5-3-8-14(15(11)17)16(18)19/h3-9H,10H2,1-2H3,(H3,18,19). The fourth-order valence-corrected chi connectivity index (χ4v) is 1.91. The van der Waals surface area contributed by atoms with Crippen LogP contribution in [0.1, 0.15) is 11.1 Å². The molecular weight excluding hydrogens is 269 g/mol. The van der Waals surface area contributed by atoms with Crippen LogP contribution in [0.2, 0.25) is 0 Å². The monoisotopic (exact) mass is 287 g/mol. The Morgan fingerprint density at radius 1 is 1.24 bits per heavy atom. The van der Waals surface area contributed by atoms with E-state index in [0.29, 0.717) is 11.3 Å². The van der Waals surface area contributed by atoms with Gasteiger partial charge in [0.1, 0.15) is 24.0 Å². The molecule has 0 amide bonds. The lowest BCUT2D eigenvalue weighted by atomic mass is 10.1. The topological polar surface area (TPSA) is 62.3 Å². The summed E-state index contributed by atoms with van der Waals surface area (Å²) in [6.07, 6.45) is 0. The average Bonchev–Trinajstić information content (AvgIpc) is 2.46. The van der Waals surface area contributed by atoms with Gasteiger partial charge in [0.25, 0.3) is 0 Å². The summed E-state index contributed by atoms with van der Waals surface area (Å²) >= 11 is 0. The van der Waals surface area contributed by atoms with E-state index >= 15 is 0 Å². The normalized spacial score (nSPS) is 10.2. The number of nitrogens with zero attached hydrogens (tertiary/aromatic N) is 1. The van der Waals surface area contributed by atoms with Crippen LogP contribution in [0.25, 0.3) is 0 Å². The van der Waals surface area contributed by atoms with E-state index in [9.17, 15) is 4.39 Å². The molecule has 21 heavy (non-hydrogen) atoms. The van der Waals surface area contributed by atoms with Crippen LogP contribution >= 0.6 is 0 Å². The van der Waals surface area contributed by atoms with Crippen molar-refractivity contribution < 1.29 is 9.13 Å². The van der Waals surface area contributed by atoms with Gasteiger partial charge in [-0.3, -0.25) is 5.41 Å². The number of hydrogen-bond donors (Lipinski definition) is 2. The Bertz CT molecular complexity index is 656. The Hall–Kier alpha value is -2.56. The molecule has 0 aliphatic carbocycles. The smallest absolute Gasteiger partial charge is 0.140 e. The lowest BCUT2D eigenvalue weighted by molar-refractivity contribution is 0.300. The van der Waals surface area contributed by atoms with E-state index in [1.807, 2.05) is 43.3 Å². The van der Waals surface area contributed by atoms with Gasteiger partial charge in [0.2, 0.25) is 0 Å². The van der Waals surface area contributed by atoms with E-state index in [0.717, 1.165) is 5.69 Å². The number of amidine groups is 1. The summed E-state index contributed by atoms with van der Waals surface area (Å²) in [5.41, 5.74) is 6.81. The maximum atomic E-state index is 14.1. The molecule has 0 saturated heterocycles. The van der Waals surface area contributed by atoms with Crippen LogP contribution in [0, 0.1) is 11.2 Å². The number of nitrogens with two attached hydrogens (primary N) is 1. The van der Waals surface area contributed by atoms with Gasteiger partial charge in [-0.1, -0.05) is 18.2 Å². The molecular formula is C16H18FN3O. The second-order valence-corrected chi connectivity index (χ2v) is 4.87. The quantitative estimate of drug-likeness (QED) is 0.656. The number of anilines is 1. The molecule has 110 valence electrons. The summed E-state index contributed by atoms with van der Waals surface area (Å²) in [5.74, 6) is -0.133. The van der Waals surface area contributed by atoms with E-state index in [1.54, 1.807) is 12.1 Å². The molecule has 0 saturated carbocycles. The molecule has 2 aromatic rings. The minimum atomic E-state index is -0.506. The van der Waals surface area contributed by atoms with Crippen molar-refractivity contribution >= 4 is 11.5 Å². The molecule has 4 nitrogen and oxygen atoms in total. The Morgan fingerprint density at radius 3 is 2.62 bits per heavy atom. The first kappa shape index (κ1) is 14.8. The van der Waals surface area contributed by atoms with Crippen molar-refractivity contribution in [1.82, 2.24) is 0 Å². The first-order chi connectivity index (χ1) is 9.99. The lowest BCUT2D eigenvalue weighted by Gasteiger charge is -2.14. The summed E-state index contributed by atoms with van der Waals surface area (Å²) in [4.78, 5) is 1.96. The highest BCUT2D eigenvalue weighted by Gasteiger charge is 2.10. The van der Waals surface area contributed by atoms with Gasteiger partial charge in [0.05, 0.1) is 5.56 Å². The largest absolute Gasteiger partial charge is 0.489 e. The Balaban J connectivity index is 2.15. The number of halogens is 1. The van der Waals surface area contributed by atoms with Gasteiger partial charge in [-0.05, 0) is 18.2 Å². The van der Waals surface area contributed by atoms with Crippen molar-refractivity contribution in [3.63, 3.8) is 0 Å². The Labute approximate surface area is 123 Å². The molecule has 0 spiro atoms. The van der Waals surface area contributed by atoms with Crippen LogP contribution in [0.3, 0.4) is 0 Å². The van der Waals surface area contributed by atoms with Crippen LogP contribution < -0.4 is 15.4 Å². The number of nitrogen functional groups attached to an aromatic ring is 1. The fraction of sp³-hybridized carbons (Fsp3) is 0.188. The molecule has 3 N–H and O–H groups in total. The third-order valence-corrected chi connectivity index (χ3v) is 3.10. The molecule has 2 aromatic carbocycles. The number of ether oxygens (including phenoxy) is 1. The zero-order valence-corrected chi connectivity index (χ0v) is 12.1. The predicted molar refractivity (Wildman–Crippen MR) is 82.5 cm³/mol. The Kier molecular flexibility index (Phi) is 4.42. The van der Waals surface area contributed by atoms with E-state index in [1.165, 1.54) is 6.07 Å². The van der Waals surface area contributed by atoms with Gasteiger partial charge in [-0.25, -0.2) is 4.39 Å². The van der Waals surface area contributed by atoms with Gasteiger partial charge >= 0.3 is 0 Å². The second kappa shape index (κ2) is 6.26. The third-order valence-electron chi connectivity index (χ3n) is 3.10. The van der Waals surface area contributed by atoms with Gasteiger partial charge in [0, 0.05) is 31.4 Å². The van der Waals surface area contributed by atoms with Gasteiger partial charge in [-0.2, -0.15) is 0 Å². The van der Waals surface area contributed by atoms with E-state index in [2.05, 4.69) is 0 Å². The summed E-state index contributed by atoms with van der Waals surface area (Å²) in [6.45, 7) is 0.0871. The van der Waals surface area contributed by atoms with Gasteiger partial charge in [0.15, 0.2) is 0 Å². The first-order valence-corrected chi connectivity index (χ1v) is 6.51. The molecule has 5 heteroatoms. The van der Waals surface area contributed by atoms with E-state index < -0.39 is 5.82 Å². The minimum Gasteiger partial charge on any atom is -0.489 e. The first-order valence-electron chi connectivity index (χ1n) is 6.51. The van der Waals surface area contributed by atoms with Crippen LogP contribution in [-0.4, -0.2) is 19.9 Å². The highest BCUT2D eigenvalue weighted by atomic mass is 19.1. The molecule has 2 rings (SSSR count). The molecule has 0 aromatic heterocycles. The molecule has 0 unspecified atom stereocenters. The molecule has 0 atom stereocenters. The highest BCUT2D eigenvalue weighted by Crippen LogP contribution is 2.21. The number of rotatable bonds is 5. The third kappa shape index (κ3) is 3.51. The summed E-state index contributed by atoms with van der Waals surface area (Å²) in [7, 11) is 3.88. The van der Waals surface area contributed by atoms with Crippen molar-refractivity contribution in [2.75, 3.05) is 19.0 Å². The number of hydrogen-bond acceptors (Lipinski definition) is 3. The summed E-state index contributed by atoms with van der Waals surface area (Å²) in [6, 6.07) is 12.3. The van der Waals surface area contributed by atoms with E-state index in [4.69, 9.17) is 15.9 Å². The number of benzene rings is 2. The molecule has 0 aliphatic heterocycles. The van der Waals surface area contributed by atoms with Gasteiger partial charge < -0.3 is 15.4 Å². The lowest BCUT2D eigenvalue weighted by Crippen LogP contribution is -2.14. The van der Waals surface area contributed by atoms with E-state index in [-0.39, 0.29) is 18.0 Å². The minimum absolute atomic E-state index is 0.0871. The molecule has 0 heterocycles. The van der Waals surface area contributed by atoms with Crippen molar-refractivity contribution in [2.45, 2.75) is 6.61 Å². The zero-order chi connectivity index (χ0) is 15.4. The van der Waals surface area contributed by atoms with Crippen molar-refractivity contribution in [3.05, 3.63) is 59.4 Å². The zero-order valence-electron chi connectivity index (χ0n) is 12.1. The fourth-order valence-electron chi connectivity index (χ4n) is 1.91. The molecule has 0 fully saturated rings. The average molecular weight is 287 g/mol. The summed E-state index contributed by atoms with van der Waals surface area (Å²) in [5, 5.41) is 7.34. The molecule has 0 bridgehead atoms. The van der Waals surface area contributed by atoms with Crippen LogP contribution in [0.15, 0.2) is 42.5 Å².